The molecule has 2 aromatic rings. The summed E-state index contributed by atoms with van der Waals surface area (Å²) in [4.78, 5) is 0. The second kappa shape index (κ2) is 24.4. The van der Waals surface area contributed by atoms with Crippen molar-refractivity contribution in [2.45, 2.75) is 182 Å². The van der Waals surface area contributed by atoms with E-state index in [0.717, 1.165) is 31.0 Å². The smallest absolute Gasteiger partial charge is 0.314 e. The minimum absolute atomic E-state index is 0. The maximum absolute atomic E-state index is 7.10. The van der Waals surface area contributed by atoms with Gasteiger partial charge in [0.25, 0.3) is 0 Å². The van der Waals surface area contributed by atoms with Crippen LogP contribution in [0.25, 0.3) is 0 Å². The van der Waals surface area contributed by atoms with E-state index in [-0.39, 0.29) is 14.9 Å². The summed E-state index contributed by atoms with van der Waals surface area (Å²) >= 11 is 0. The Kier molecular flexibility index (Phi) is 25.0. The second-order valence-corrected chi connectivity index (χ2v) is 48.4. The molecular formula is C44H90O4Si7. The van der Waals surface area contributed by atoms with E-state index in [1.54, 1.807) is 0 Å². The Bertz CT molecular complexity index is 1350. The summed E-state index contributed by atoms with van der Waals surface area (Å²) in [7, 11) is -13.1. The van der Waals surface area contributed by atoms with Gasteiger partial charge in [-0.3, -0.25) is 0 Å². The Balaban J connectivity index is 0. The molecule has 0 aliphatic rings. The fourth-order valence-corrected chi connectivity index (χ4v) is 40.4. The van der Waals surface area contributed by atoms with Crippen molar-refractivity contribution in [3.05, 3.63) is 96.3 Å². The van der Waals surface area contributed by atoms with Crippen molar-refractivity contribution in [2.75, 3.05) is 0 Å². The number of hydrogen-bond donors (Lipinski definition) is 0. The largest absolute Gasteiger partial charge is 0.455 e. The van der Waals surface area contributed by atoms with Gasteiger partial charge in [-0.2, -0.15) is 0 Å². The van der Waals surface area contributed by atoms with Gasteiger partial charge in [0.15, 0.2) is 41.6 Å². The predicted octanol–water partition coefficient (Wildman–Crippen LogP) is 15.9. The van der Waals surface area contributed by atoms with Gasteiger partial charge >= 0.3 is 8.56 Å². The first-order chi connectivity index (χ1) is 24.3. The molecule has 0 radical (unpaired) electrons. The summed E-state index contributed by atoms with van der Waals surface area (Å²) < 4.78 is 27.6. The highest BCUT2D eigenvalue weighted by Crippen LogP contribution is 2.38. The van der Waals surface area contributed by atoms with Gasteiger partial charge in [0, 0.05) is 0 Å². The van der Waals surface area contributed by atoms with Crippen LogP contribution in [0.1, 0.15) is 77.8 Å². The molecule has 5 atom stereocenters. The molecule has 0 fully saturated rings. The lowest BCUT2D eigenvalue weighted by Crippen LogP contribution is -2.55. The van der Waals surface area contributed by atoms with Crippen LogP contribution in [0.4, 0.5) is 0 Å². The molecule has 0 aromatic heterocycles. The van der Waals surface area contributed by atoms with Crippen molar-refractivity contribution in [2.24, 2.45) is 0 Å². The normalized spacial score (nSPS) is 16.7. The van der Waals surface area contributed by atoms with Gasteiger partial charge in [0.1, 0.15) is 0 Å². The van der Waals surface area contributed by atoms with E-state index >= 15 is 0 Å². The first kappa shape index (κ1) is 56.4. The molecule has 2 rings (SSSR count). The Hall–Kier alpha value is -0.722. The molecule has 5 unspecified atom stereocenters. The fraction of sp³-hybridized carbons (Fsp3) is 0.636. The highest BCUT2D eigenvalue weighted by atomic mass is 28.5. The first-order valence-electron chi connectivity index (χ1n) is 20.4. The van der Waals surface area contributed by atoms with Gasteiger partial charge in [-0.15, -0.1) is 13.2 Å². The molecule has 0 heterocycles. The Morgan fingerprint density at radius 3 is 1.33 bits per heavy atom. The number of rotatable bonds is 23. The van der Waals surface area contributed by atoms with Crippen LogP contribution in [0.5, 0.6) is 0 Å². The molecule has 11 heteroatoms. The second-order valence-electron chi connectivity index (χ2n) is 19.0. The van der Waals surface area contributed by atoms with E-state index in [2.05, 4.69) is 191 Å². The minimum atomic E-state index is -2.38. The molecule has 0 saturated carbocycles. The average Bonchev–Trinajstić information content (AvgIpc) is 3.04. The molecule has 0 bridgehead atoms. The SMILES string of the molecule is C.C.C=C[Si](C)(C)O[Si](C)(CC[Si](C)(CC(CC)c1ccccc1)O[Si](C)(C)C)O[Si](C)(C)CCC.C=C[Si](C)(CC(CC)c1ccccc1)O[Si](C)(C)C. The maximum Gasteiger partial charge on any atom is 0.314 e. The van der Waals surface area contributed by atoms with Crippen molar-refractivity contribution in [1.29, 1.82) is 0 Å². The summed E-state index contributed by atoms with van der Waals surface area (Å²) in [5.74, 6) is 1.14. The zero-order valence-corrected chi connectivity index (χ0v) is 44.3. The number of benzene rings is 2. The lowest BCUT2D eigenvalue weighted by Gasteiger charge is -2.43. The van der Waals surface area contributed by atoms with Crippen molar-refractivity contribution >= 4 is 58.5 Å². The summed E-state index contributed by atoms with van der Waals surface area (Å²) in [5, 5.41) is 0. The van der Waals surface area contributed by atoms with Gasteiger partial charge < -0.3 is 16.5 Å². The van der Waals surface area contributed by atoms with Crippen LogP contribution in [0.15, 0.2) is 85.2 Å². The molecular weight excluding hydrogens is 789 g/mol. The van der Waals surface area contributed by atoms with E-state index in [4.69, 9.17) is 16.5 Å². The van der Waals surface area contributed by atoms with Crippen LogP contribution in [0.3, 0.4) is 0 Å². The van der Waals surface area contributed by atoms with E-state index in [1.807, 2.05) is 0 Å². The van der Waals surface area contributed by atoms with Crippen molar-refractivity contribution in [3.63, 3.8) is 0 Å². The molecule has 2 aromatic carbocycles. The van der Waals surface area contributed by atoms with Crippen LogP contribution in [0, 0.1) is 0 Å². The third-order valence-corrected chi connectivity index (χ3v) is 35.5. The summed E-state index contributed by atoms with van der Waals surface area (Å²) in [6.07, 6.45) is 3.48. The Morgan fingerprint density at radius 2 is 0.964 bits per heavy atom. The zero-order chi connectivity index (χ0) is 40.8. The molecule has 0 amide bonds. The summed E-state index contributed by atoms with van der Waals surface area (Å²) in [5.41, 5.74) is 7.07. The lowest BCUT2D eigenvalue weighted by molar-refractivity contribution is 0.382. The van der Waals surface area contributed by atoms with E-state index in [0.29, 0.717) is 11.8 Å². The monoisotopic (exact) mass is 879 g/mol. The van der Waals surface area contributed by atoms with Crippen LogP contribution in [-0.4, -0.2) is 58.5 Å². The topological polar surface area (TPSA) is 36.9 Å². The summed E-state index contributed by atoms with van der Waals surface area (Å²) in [6.45, 7) is 45.2. The third kappa shape index (κ3) is 22.9. The standard InChI is InChI=1S/C26H54O3Si5.C16H28OSi2.2CH4/c1-13-21-32(9,10)29-34(12,28-31(7,8)15-3)23-22-33(11,27-30(4,5)6)24-25(14-2)26-19-17-16-18-20-26;1-7-15(16-12-10-9-11-13-16)14-19(6,8-2)17-18(3,4)5;;/h15-20,25H,3,13-14,21-24H2,1-2,4-12H3;8-13,15H,2,7,14H2,1,3-6H3;2*1H4. The molecule has 0 aliphatic carbocycles. The highest BCUT2D eigenvalue weighted by Gasteiger charge is 2.45. The molecule has 318 valence electrons. The van der Waals surface area contributed by atoms with Gasteiger partial charge in [0.2, 0.25) is 8.32 Å². The molecule has 0 N–H and O–H groups in total. The van der Waals surface area contributed by atoms with Crippen LogP contribution in [-0.2, 0) is 16.5 Å². The molecule has 0 saturated heterocycles. The molecule has 55 heavy (non-hydrogen) atoms. The maximum atomic E-state index is 7.10. The zero-order valence-electron chi connectivity index (χ0n) is 37.3. The van der Waals surface area contributed by atoms with Crippen molar-refractivity contribution in [3.8, 4) is 0 Å². The first-order valence-corrected chi connectivity index (χ1v) is 41.4. The van der Waals surface area contributed by atoms with Crippen molar-refractivity contribution < 1.29 is 16.5 Å². The number of hydrogen-bond acceptors (Lipinski definition) is 4. The minimum Gasteiger partial charge on any atom is -0.455 e. The molecule has 0 spiro atoms. The van der Waals surface area contributed by atoms with Crippen LogP contribution in [0.2, 0.25) is 115 Å². The third-order valence-electron chi connectivity index (χ3n) is 9.80. The Labute approximate surface area is 351 Å². The van der Waals surface area contributed by atoms with E-state index < -0.39 is 58.5 Å². The quantitative estimate of drug-likeness (QED) is 0.104. The van der Waals surface area contributed by atoms with Gasteiger partial charge in [-0.25, -0.2) is 0 Å². The van der Waals surface area contributed by atoms with Crippen LogP contribution >= 0.6 is 0 Å². The van der Waals surface area contributed by atoms with E-state index in [9.17, 15) is 0 Å². The van der Waals surface area contributed by atoms with Crippen LogP contribution < -0.4 is 0 Å². The van der Waals surface area contributed by atoms with Gasteiger partial charge in [-0.05, 0) is 151 Å². The molecule has 0 aliphatic heterocycles. The van der Waals surface area contributed by atoms with Crippen molar-refractivity contribution in [1.82, 2.24) is 0 Å². The summed E-state index contributed by atoms with van der Waals surface area (Å²) in [6, 6.07) is 27.5. The van der Waals surface area contributed by atoms with Gasteiger partial charge in [-0.1, -0.05) is 114 Å². The highest BCUT2D eigenvalue weighted by molar-refractivity contribution is 6.91. The van der Waals surface area contributed by atoms with Gasteiger partial charge in [0.05, 0.1) is 0 Å². The Morgan fingerprint density at radius 1 is 0.527 bits per heavy atom. The average molecular weight is 880 g/mol. The lowest BCUT2D eigenvalue weighted by atomic mass is 9.99. The molecule has 4 nitrogen and oxygen atoms in total. The predicted molar refractivity (Wildman–Crippen MR) is 268 cm³/mol. The fourth-order valence-electron chi connectivity index (χ4n) is 7.71. The van der Waals surface area contributed by atoms with E-state index in [1.165, 1.54) is 29.6 Å².